The molecule has 0 N–H and O–H groups in total. The van der Waals surface area contributed by atoms with Gasteiger partial charge in [-0.25, -0.2) is 0 Å². The highest BCUT2D eigenvalue weighted by Crippen LogP contribution is 2.35. The maximum atomic E-state index is 13.7. The van der Waals surface area contributed by atoms with Gasteiger partial charge in [-0.3, -0.25) is 14.5 Å². The van der Waals surface area contributed by atoms with Gasteiger partial charge >= 0.3 is 0 Å². The van der Waals surface area contributed by atoms with Crippen LogP contribution in [0.2, 0.25) is 0 Å². The van der Waals surface area contributed by atoms with Crippen molar-refractivity contribution in [1.29, 1.82) is 0 Å². The van der Waals surface area contributed by atoms with Gasteiger partial charge in [-0.1, -0.05) is 60.2 Å². The summed E-state index contributed by atoms with van der Waals surface area (Å²) < 4.78 is 0. The standard InChI is InChI=1S/C25H24N2O2/c1-17-12-14-20(15-13-17)24-25(29)26(22-11-7-8-18(2)19(22)3)16-23(28)27(24)21-9-5-4-6-10-21/h4-15,24H,16H2,1-3H3/t24-/m1/s1. The number of nitrogens with zero attached hydrogens (tertiary/aromatic N) is 2. The molecule has 0 saturated carbocycles. The second-order valence-electron chi connectivity index (χ2n) is 7.56. The molecule has 0 spiro atoms. The Morgan fingerprint density at radius 1 is 0.793 bits per heavy atom. The quantitative estimate of drug-likeness (QED) is 0.655. The van der Waals surface area contributed by atoms with E-state index < -0.39 is 6.04 Å². The highest BCUT2D eigenvalue weighted by Gasteiger charge is 2.42. The number of rotatable bonds is 3. The number of benzene rings is 3. The maximum Gasteiger partial charge on any atom is 0.255 e. The van der Waals surface area contributed by atoms with Crippen LogP contribution in [0.4, 0.5) is 11.4 Å². The number of anilines is 2. The highest BCUT2D eigenvalue weighted by molar-refractivity contribution is 6.14. The third-order valence-corrected chi connectivity index (χ3v) is 5.61. The molecule has 4 rings (SSSR count). The summed E-state index contributed by atoms with van der Waals surface area (Å²) in [5.41, 5.74) is 5.57. The summed E-state index contributed by atoms with van der Waals surface area (Å²) in [5.74, 6) is -0.187. The summed E-state index contributed by atoms with van der Waals surface area (Å²) in [6, 6.07) is 22.4. The summed E-state index contributed by atoms with van der Waals surface area (Å²) in [5, 5.41) is 0. The molecule has 0 aromatic heterocycles. The molecule has 1 saturated heterocycles. The SMILES string of the molecule is Cc1ccc([C@@H]2C(=O)N(c3cccc(C)c3C)CC(=O)N2c2ccccc2)cc1. The van der Waals surface area contributed by atoms with E-state index in [1.807, 2.05) is 93.6 Å². The van der Waals surface area contributed by atoms with Crippen molar-refractivity contribution >= 4 is 23.2 Å². The Labute approximate surface area is 171 Å². The lowest BCUT2D eigenvalue weighted by Crippen LogP contribution is -2.56. The molecular formula is C25H24N2O2. The van der Waals surface area contributed by atoms with E-state index in [0.29, 0.717) is 0 Å². The minimum absolute atomic E-state index is 0.0282. The third kappa shape index (κ3) is 3.42. The predicted molar refractivity (Wildman–Crippen MR) is 116 cm³/mol. The molecule has 1 atom stereocenters. The number of amides is 2. The first-order valence-corrected chi connectivity index (χ1v) is 9.78. The molecule has 1 fully saturated rings. The van der Waals surface area contributed by atoms with Gasteiger partial charge in [0.25, 0.3) is 5.91 Å². The van der Waals surface area contributed by atoms with Crippen LogP contribution in [-0.2, 0) is 9.59 Å². The van der Waals surface area contributed by atoms with Gasteiger partial charge in [0.15, 0.2) is 0 Å². The smallest absolute Gasteiger partial charge is 0.255 e. The molecule has 1 aliphatic rings. The van der Waals surface area contributed by atoms with Gasteiger partial charge in [-0.15, -0.1) is 0 Å². The van der Waals surface area contributed by atoms with E-state index in [-0.39, 0.29) is 18.4 Å². The van der Waals surface area contributed by atoms with Crippen LogP contribution in [0.5, 0.6) is 0 Å². The Hall–Kier alpha value is -3.40. The maximum absolute atomic E-state index is 13.7. The molecule has 29 heavy (non-hydrogen) atoms. The van der Waals surface area contributed by atoms with E-state index in [9.17, 15) is 9.59 Å². The fraction of sp³-hybridized carbons (Fsp3) is 0.200. The van der Waals surface area contributed by atoms with Gasteiger partial charge in [0.05, 0.1) is 0 Å². The van der Waals surface area contributed by atoms with Crippen LogP contribution in [0.25, 0.3) is 0 Å². The molecule has 3 aromatic rings. The van der Waals surface area contributed by atoms with Gasteiger partial charge in [0.2, 0.25) is 5.91 Å². The van der Waals surface area contributed by atoms with E-state index in [4.69, 9.17) is 0 Å². The van der Waals surface area contributed by atoms with Crippen molar-refractivity contribution in [1.82, 2.24) is 0 Å². The normalized spacial score (nSPS) is 17.0. The lowest BCUT2D eigenvalue weighted by atomic mass is 9.97. The molecule has 0 aliphatic carbocycles. The van der Waals surface area contributed by atoms with E-state index in [2.05, 4.69) is 0 Å². The van der Waals surface area contributed by atoms with Gasteiger partial charge in [0.1, 0.15) is 12.6 Å². The number of hydrogen-bond acceptors (Lipinski definition) is 2. The molecule has 1 heterocycles. The first-order chi connectivity index (χ1) is 14.0. The second-order valence-corrected chi connectivity index (χ2v) is 7.56. The molecule has 0 bridgehead atoms. The molecule has 1 aliphatic heterocycles. The molecule has 0 unspecified atom stereocenters. The molecule has 4 nitrogen and oxygen atoms in total. The van der Waals surface area contributed by atoms with Gasteiger partial charge in [0, 0.05) is 11.4 Å². The number of carbonyl (C=O) groups excluding carboxylic acids is 2. The summed E-state index contributed by atoms with van der Waals surface area (Å²) in [4.78, 5) is 30.3. The Morgan fingerprint density at radius 2 is 1.48 bits per heavy atom. The van der Waals surface area contributed by atoms with Crippen LogP contribution in [0, 0.1) is 20.8 Å². The van der Waals surface area contributed by atoms with Crippen molar-refractivity contribution in [2.24, 2.45) is 0 Å². The Bertz CT molecular complexity index is 1060. The highest BCUT2D eigenvalue weighted by atomic mass is 16.2. The minimum atomic E-state index is -0.695. The topological polar surface area (TPSA) is 40.6 Å². The van der Waals surface area contributed by atoms with Crippen LogP contribution >= 0.6 is 0 Å². The first-order valence-electron chi connectivity index (χ1n) is 9.78. The fourth-order valence-electron chi connectivity index (χ4n) is 3.85. The fourth-order valence-corrected chi connectivity index (χ4v) is 3.85. The van der Waals surface area contributed by atoms with E-state index in [1.165, 1.54) is 0 Å². The number of hydrogen-bond donors (Lipinski definition) is 0. The van der Waals surface area contributed by atoms with Gasteiger partial charge in [-0.2, -0.15) is 0 Å². The minimum Gasteiger partial charge on any atom is -0.301 e. The average Bonchev–Trinajstić information content (AvgIpc) is 2.73. The van der Waals surface area contributed by atoms with Gasteiger partial charge in [-0.05, 0) is 55.7 Å². The van der Waals surface area contributed by atoms with Crippen molar-refractivity contribution in [2.45, 2.75) is 26.8 Å². The number of carbonyl (C=O) groups is 2. The summed E-state index contributed by atoms with van der Waals surface area (Å²) >= 11 is 0. The Morgan fingerprint density at radius 3 is 2.17 bits per heavy atom. The summed E-state index contributed by atoms with van der Waals surface area (Å²) in [6.07, 6.45) is 0. The second kappa shape index (κ2) is 7.55. The first kappa shape index (κ1) is 18.9. The largest absolute Gasteiger partial charge is 0.301 e. The van der Waals surface area contributed by atoms with Gasteiger partial charge < -0.3 is 4.90 Å². The summed E-state index contributed by atoms with van der Waals surface area (Å²) in [7, 11) is 0. The van der Waals surface area contributed by atoms with Crippen LogP contribution in [0.3, 0.4) is 0 Å². The number of piperazine rings is 1. The number of para-hydroxylation sites is 1. The van der Waals surface area contributed by atoms with Crippen LogP contribution in [-0.4, -0.2) is 18.4 Å². The van der Waals surface area contributed by atoms with Crippen LogP contribution < -0.4 is 9.80 Å². The van der Waals surface area contributed by atoms with Crippen molar-refractivity contribution in [3.63, 3.8) is 0 Å². The molecule has 0 radical (unpaired) electrons. The van der Waals surface area contributed by atoms with Crippen LogP contribution in [0.1, 0.15) is 28.3 Å². The summed E-state index contributed by atoms with van der Waals surface area (Å²) in [6.45, 7) is 6.05. The molecule has 3 aromatic carbocycles. The molecule has 2 amide bonds. The predicted octanol–water partition coefficient (Wildman–Crippen LogP) is 4.73. The van der Waals surface area contributed by atoms with Crippen molar-refractivity contribution in [3.8, 4) is 0 Å². The number of aryl methyl sites for hydroxylation is 2. The zero-order valence-corrected chi connectivity index (χ0v) is 16.9. The third-order valence-electron chi connectivity index (χ3n) is 5.61. The lowest BCUT2D eigenvalue weighted by Gasteiger charge is -2.41. The van der Waals surface area contributed by atoms with Crippen molar-refractivity contribution < 1.29 is 9.59 Å². The van der Waals surface area contributed by atoms with E-state index >= 15 is 0 Å². The monoisotopic (exact) mass is 384 g/mol. The zero-order valence-electron chi connectivity index (χ0n) is 16.9. The average molecular weight is 384 g/mol. The molecular weight excluding hydrogens is 360 g/mol. The lowest BCUT2D eigenvalue weighted by molar-refractivity contribution is -0.128. The Kier molecular flexibility index (Phi) is 4.93. The zero-order chi connectivity index (χ0) is 20.5. The molecule has 4 heteroatoms. The van der Waals surface area contributed by atoms with Crippen molar-refractivity contribution in [2.75, 3.05) is 16.3 Å². The Balaban J connectivity index is 1.84. The van der Waals surface area contributed by atoms with E-state index in [1.54, 1.807) is 9.80 Å². The van der Waals surface area contributed by atoms with Crippen molar-refractivity contribution in [3.05, 3.63) is 95.1 Å². The molecule has 146 valence electrons. The van der Waals surface area contributed by atoms with Crippen LogP contribution in [0.15, 0.2) is 72.8 Å². The van der Waals surface area contributed by atoms with E-state index in [0.717, 1.165) is 33.6 Å².